The van der Waals surface area contributed by atoms with Crippen molar-refractivity contribution in [2.45, 2.75) is 19.6 Å². The van der Waals surface area contributed by atoms with Crippen molar-refractivity contribution in [2.24, 2.45) is 5.73 Å². The maximum Gasteiger partial charge on any atom is 0.261 e. The van der Waals surface area contributed by atoms with Crippen LogP contribution in [0.5, 0.6) is 5.75 Å². The van der Waals surface area contributed by atoms with Gasteiger partial charge in [-0.1, -0.05) is 18.1 Å². The molecule has 0 saturated carbocycles. The lowest BCUT2D eigenvalue weighted by Gasteiger charge is -2.14. The predicted molar refractivity (Wildman–Crippen MR) is 66.3 cm³/mol. The number of ether oxygens (including phenoxy) is 1. The third-order valence-electron chi connectivity index (χ3n) is 2.18. The lowest BCUT2D eigenvalue weighted by molar-refractivity contribution is -0.126. The second kappa shape index (κ2) is 6.56. The van der Waals surface area contributed by atoms with E-state index in [1.165, 1.54) is 0 Å². The molecule has 4 heteroatoms. The van der Waals surface area contributed by atoms with E-state index >= 15 is 0 Å². The molecular formula is C13H16N2O2. The highest BCUT2D eigenvalue weighted by molar-refractivity contribution is 5.80. The number of rotatable bonds is 5. The Morgan fingerprint density at radius 3 is 3.06 bits per heavy atom. The third kappa shape index (κ3) is 4.17. The molecule has 0 bridgehead atoms. The first-order valence-corrected chi connectivity index (χ1v) is 5.34. The number of benzene rings is 1. The van der Waals surface area contributed by atoms with Crippen LogP contribution in [0, 0.1) is 12.3 Å². The maximum atomic E-state index is 11.5. The maximum absolute atomic E-state index is 11.5. The largest absolute Gasteiger partial charge is 0.481 e. The highest BCUT2D eigenvalue weighted by Gasteiger charge is 2.13. The van der Waals surface area contributed by atoms with E-state index in [0.29, 0.717) is 12.3 Å². The second-order valence-corrected chi connectivity index (χ2v) is 3.53. The Balaban J connectivity index is 2.58. The Hall–Kier alpha value is -1.99. The van der Waals surface area contributed by atoms with Gasteiger partial charge in [-0.2, -0.15) is 0 Å². The average Bonchev–Trinajstić information content (AvgIpc) is 2.36. The lowest BCUT2D eigenvalue weighted by Crippen LogP contribution is -2.36. The average molecular weight is 232 g/mol. The topological polar surface area (TPSA) is 64.3 Å². The van der Waals surface area contributed by atoms with E-state index in [1.807, 2.05) is 18.2 Å². The molecule has 90 valence electrons. The standard InChI is InChI=1S/C13H16N2O2/c1-3-7-15-13(16)10(2)17-12-6-4-5-11(8-12)9-14/h1,4-6,8,10H,7,9,14H2,2H3,(H,15,16). The molecule has 0 aliphatic heterocycles. The summed E-state index contributed by atoms with van der Waals surface area (Å²) in [6, 6.07) is 7.33. The summed E-state index contributed by atoms with van der Waals surface area (Å²) in [5.74, 6) is 2.72. The van der Waals surface area contributed by atoms with Crippen LogP contribution >= 0.6 is 0 Å². The number of hydrogen-bond donors (Lipinski definition) is 2. The summed E-state index contributed by atoms with van der Waals surface area (Å²) >= 11 is 0. The van der Waals surface area contributed by atoms with E-state index in [-0.39, 0.29) is 12.5 Å². The van der Waals surface area contributed by atoms with Crippen LogP contribution in [0.25, 0.3) is 0 Å². The van der Waals surface area contributed by atoms with Crippen LogP contribution in [-0.2, 0) is 11.3 Å². The Labute approximate surface area is 101 Å². The zero-order chi connectivity index (χ0) is 12.7. The summed E-state index contributed by atoms with van der Waals surface area (Å²) < 4.78 is 5.48. The number of hydrogen-bond acceptors (Lipinski definition) is 3. The first kappa shape index (κ1) is 13.1. The molecule has 0 spiro atoms. The first-order chi connectivity index (χ1) is 8.17. The zero-order valence-corrected chi connectivity index (χ0v) is 9.77. The number of carbonyl (C=O) groups excluding carboxylic acids is 1. The summed E-state index contributed by atoms with van der Waals surface area (Å²) in [6.07, 6.45) is 4.46. The Morgan fingerprint density at radius 1 is 1.65 bits per heavy atom. The molecule has 1 aromatic carbocycles. The number of terminal acetylenes is 1. The molecule has 17 heavy (non-hydrogen) atoms. The van der Waals surface area contributed by atoms with Gasteiger partial charge < -0.3 is 15.8 Å². The Bertz CT molecular complexity index is 424. The lowest BCUT2D eigenvalue weighted by atomic mass is 10.2. The van der Waals surface area contributed by atoms with Gasteiger partial charge in [0.15, 0.2) is 6.10 Å². The predicted octanol–water partition coefficient (Wildman–Crippen LogP) is 0.662. The van der Waals surface area contributed by atoms with Crippen molar-refractivity contribution < 1.29 is 9.53 Å². The van der Waals surface area contributed by atoms with Crippen molar-refractivity contribution in [1.82, 2.24) is 5.32 Å². The summed E-state index contributed by atoms with van der Waals surface area (Å²) in [4.78, 5) is 11.5. The highest BCUT2D eigenvalue weighted by atomic mass is 16.5. The number of carbonyl (C=O) groups is 1. The number of nitrogens with one attached hydrogen (secondary N) is 1. The van der Waals surface area contributed by atoms with Crippen molar-refractivity contribution in [3.63, 3.8) is 0 Å². The van der Waals surface area contributed by atoms with E-state index in [2.05, 4.69) is 11.2 Å². The molecule has 3 N–H and O–H groups in total. The van der Waals surface area contributed by atoms with Gasteiger partial charge in [-0.3, -0.25) is 4.79 Å². The molecule has 0 aromatic heterocycles. The van der Waals surface area contributed by atoms with E-state index in [4.69, 9.17) is 16.9 Å². The van der Waals surface area contributed by atoms with Crippen LogP contribution in [0.2, 0.25) is 0 Å². The van der Waals surface area contributed by atoms with E-state index < -0.39 is 6.10 Å². The summed E-state index contributed by atoms with van der Waals surface area (Å²) in [7, 11) is 0. The van der Waals surface area contributed by atoms with Gasteiger partial charge in [0.05, 0.1) is 6.54 Å². The minimum absolute atomic E-state index is 0.204. The van der Waals surface area contributed by atoms with Gasteiger partial charge in [-0.05, 0) is 24.6 Å². The fraction of sp³-hybridized carbons (Fsp3) is 0.308. The zero-order valence-electron chi connectivity index (χ0n) is 9.77. The van der Waals surface area contributed by atoms with Gasteiger partial charge in [0, 0.05) is 6.54 Å². The van der Waals surface area contributed by atoms with Crippen LogP contribution < -0.4 is 15.8 Å². The molecule has 1 unspecified atom stereocenters. The minimum Gasteiger partial charge on any atom is -0.481 e. The Kier molecular flexibility index (Phi) is 5.05. The molecule has 0 saturated heterocycles. The van der Waals surface area contributed by atoms with Gasteiger partial charge in [0.1, 0.15) is 5.75 Å². The monoisotopic (exact) mass is 232 g/mol. The molecule has 1 atom stereocenters. The fourth-order valence-corrected chi connectivity index (χ4v) is 1.29. The molecule has 1 aromatic rings. The van der Waals surface area contributed by atoms with Gasteiger partial charge in [0.2, 0.25) is 0 Å². The van der Waals surface area contributed by atoms with Crippen LogP contribution in [-0.4, -0.2) is 18.6 Å². The molecule has 0 fully saturated rings. The minimum atomic E-state index is -0.587. The van der Waals surface area contributed by atoms with Crippen molar-refractivity contribution >= 4 is 5.91 Å². The summed E-state index contributed by atoms with van der Waals surface area (Å²) in [6.45, 7) is 2.31. The van der Waals surface area contributed by atoms with Crippen LogP contribution in [0.15, 0.2) is 24.3 Å². The molecule has 1 amide bonds. The molecule has 0 heterocycles. The van der Waals surface area contributed by atoms with Crippen LogP contribution in [0.4, 0.5) is 0 Å². The van der Waals surface area contributed by atoms with Gasteiger partial charge in [-0.15, -0.1) is 6.42 Å². The molecule has 0 aliphatic carbocycles. The van der Waals surface area contributed by atoms with Crippen molar-refractivity contribution in [3.8, 4) is 18.1 Å². The normalized spacial score (nSPS) is 11.4. The molecule has 4 nitrogen and oxygen atoms in total. The van der Waals surface area contributed by atoms with Crippen molar-refractivity contribution in [2.75, 3.05) is 6.54 Å². The van der Waals surface area contributed by atoms with Crippen molar-refractivity contribution in [1.29, 1.82) is 0 Å². The number of nitrogens with two attached hydrogens (primary N) is 1. The Morgan fingerprint density at radius 2 is 2.41 bits per heavy atom. The van der Waals surface area contributed by atoms with Crippen LogP contribution in [0.3, 0.4) is 0 Å². The second-order valence-electron chi connectivity index (χ2n) is 3.53. The molecule has 1 rings (SSSR count). The summed E-state index contributed by atoms with van der Waals surface area (Å²) in [5.41, 5.74) is 6.48. The van der Waals surface area contributed by atoms with E-state index in [0.717, 1.165) is 5.56 Å². The fourth-order valence-electron chi connectivity index (χ4n) is 1.29. The van der Waals surface area contributed by atoms with Crippen molar-refractivity contribution in [3.05, 3.63) is 29.8 Å². The molecular weight excluding hydrogens is 216 g/mol. The third-order valence-corrected chi connectivity index (χ3v) is 2.18. The summed E-state index contributed by atoms with van der Waals surface area (Å²) in [5, 5.41) is 2.56. The van der Waals surface area contributed by atoms with Crippen LogP contribution in [0.1, 0.15) is 12.5 Å². The highest BCUT2D eigenvalue weighted by Crippen LogP contribution is 2.14. The van der Waals surface area contributed by atoms with E-state index in [9.17, 15) is 4.79 Å². The SMILES string of the molecule is C#CCNC(=O)C(C)Oc1cccc(CN)c1. The molecule has 0 radical (unpaired) electrons. The van der Waals surface area contributed by atoms with Gasteiger partial charge in [-0.25, -0.2) is 0 Å². The van der Waals surface area contributed by atoms with Gasteiger partial charge >= 0.3 is 0 Å². The molecule has 0 aliphatic rings. The van der Waals surface area contributed by atoms with E-state index in [1.54, 1.807) is 13.0 Å². The smallest absolute Gasteiger partial charge is 0.261 e. The van der Waals surface area contributed by atoms with Gasteiger partial charge in [0.25, 0.3) is 5.91 Å². The first-order valence-electron chi connectivity index (χ1n) is 5.34. The number of amides is 1. The quantitative estimate of drug-likeness (QED) is 0.733.